The molecule has 1 atom stereocenters. The van der Waals surface area contributed by atoms with Crippen LogP contribution >= 0.6 is 11.3 Å². The molecule has 1 aromatic heterocycles. The third-order valence-corrected chi connectivity index (χ3v) is 4.72. The number of rotatable bonds is 4. The van der Waals surface area contributed by atoms with Gasteiger partial charge in [0.25, 0.3) is 0 Å². The van der Waals surface area contributed by atoms with Crippen LogP contribution in [-0.4, -0.2) is 11.4 Å². The molecule has 0 aliphatic carbocycles. The van der Waals surface area contributed by atoms with Crippen LogP contribution in [0.2, 0.25) is 0 Å². The highest BCUT2D eigenvalue weighted by Crippen LogP contribution is 2.30. The number of carbonyl (C=O) groups excluding carboxylic acids is 1. The minimum atomic E-state index is 0.0347. The van der Waals surface area contributed by atoms with Crippen LogP contribution in [0.4, 0.5) is 0 Å². The van der Waals surface area contributed by atoms with Crippen LogP contribution in [0.5, 0.6) is 0 Å². The van der Waals surface area contributed by atoms with Crippen molar-refractivity contribution in [2.75, 3.05) is 0 Å². The van der Waals surface area contributed by atoms with Crippen LogP contribution in [0.3, 0.4) is 0 Å². The minimum absolute atomic E-state index is 0.0347. The lowest BCUT2D eigenvalue weighted by Gasteiger charge is -2.27. The second-order valence-corrected chi connectivity index (χ2v) is 5.83. The summed E-state index contributed by atoms with van der Waals surface area (Å²) < 4.78 is 0. The number of hydrogen-bond acceptors (Lipinski definition) is 2. The molecule has 1 aliphatic heterocycles. The van der Waals surface area contributed by atoms with Crippen molar-refractivity contribution in [1.29, 1.82) is 0 Å². The van der Waals surface area contributed by atoms with Crippen LogP contribution in [-0.2, 0) is 17.6 Å². The molecule has 1 N–H and O–H groups in total. The average Bonchev–Trinajstić information content (AvgIpc) is 2.87. The van der Waals surface area contributed by atoms with E-state index in [1.54, 1.807) is 0 Å². The summed E-state index contributed by atoms with van der Waals surface area (Å²) in [6.45, 7) is 4.35. The van der Waals surface area contributed by atoms with Crippen molar-refractivity contribution >= 4 is 17.2 Å². The highest BCUT2D eigenvalue weighted by atomic mass is 32.1. The fourth-order valence-electron chi connectivity index (χ4n) is 2.34. The second-order valence-electron chi connectivity index (χ2n) is 4.58. The molecular weight excluding hydrogens is 218 g/mol. The van der Waals surface area contributed by atoms with Crippen molar-refractivity contribution in [3.8, 4) is 0 Å². The first-order valence-corrected chi connectivity index (χ1v) is 6.88. The summed E-state index contributed by atoms with van der Waals surface area (Å²) in [7, 11) is 0. The Morgan fingerprint density at radius 1 is 1.38 bits per heavy atom. The van der Waals surface area contributed by atoms with Gasteiger partial charge < -0.3 is 5.32 Å². The summed E-state index contributed by atoms with van der Waals surface area (Å²) in [5.41, 5.74) is 0.0347. The highest BCUT2D eigenvalue weighted by molar-refractivity contribution is 7.12. The van der Waals surface area contributed by atoms with Gasteiger partial charge in [0.2, 0.25) is 5.91 Å². The van der Waals surface area contributed by atoms with Gasteiger partial charge >= 0.3 is 0 Å². The van der Waals surface area contributed by atoms with Crippen LogP contribution in [0.1, 0.15) is 42.9 Å². The molecule has 0 radical (unpaired) electrons. The summed E-state index contributed by atoms with van der Waals surface area (Å²) in [5, 5.41) is 3.16. The fraction of sp³-hybridized carbons (Fsp3) is 0.615. The van der Waals surface area contributed by atoms with Gasteiger partial charge in [-0.1, -0.05) is 13.8 Å². The van der Waals surface area contributed by atoms with E-state index in [0.717, 1.165) is 25.7 Å². The van der Waals surface area contributed by atoms with E-state index in [4.69, 9.17) is 0 Å². The number of amides is 1. The van der Waals surface area contributed by atoms with Crippen molar-refractivity contribution in [3.05, 3.63) is 21.9 Å². The highest BCUT2D eigenvalue weighted by Gasteiger charge is 2.36. The molecule has 1 unspecified atom stereocenters. The molecule has 88 valence electrons. The molecule has 2 rings (SSSR count). The molecule has 1 aromatic rings. The summed E-state index contributed by atoms with van der Waals surface area (Å²) in [6, 6.07) is 4.42. The Morgan fingerprint density at radius 3 is 2.62 bits per heavy atom. The molecule has 1 aliphatic rings. The topological polar surface area (TPSA) is 29.1 Å². The smallest absolute Gasteiger partial charge is 0.220 e. The van der Waals surface area contributed by atoms with E-state index in [9.17, 15) is 4.79 Å². The van der Waals surface area contributed by atoms with E-state index in [-0.39, 0.29) is 11.4 Å². The van der Waals surface area contributed by atoms with Gasteiger partial charge in [0.1, 0.15) is 0 Å². The second kappa shape index (κ2) is 4.58. The molecule has 2 nitrogen and oxygen atoms in total. The molecule has 0 aromatic carbocycles. The Kier molecular flexibility index (Phi) is 3.33. The zero-order valence-electron chi connectivity index (χ0n) is 10.0. The van der Waals surface area contributed by atoms with Gasteiger partial charge in [-0.3, -0.25) is 4.79 Å². The number of hydrogen-bond donors (Lipinski definition) is 1. The van der Waals surface area contributed by atoms with Crippen LogP contribution in [0.25, 0.3) is 0 Å². The third kappa shape index (κ3) is 2.29. The summed E-state index contributed by atoms with van der Waals surface area (Å²) in [4.78, 5) is 14.2. The lowest BCUT2D eigenvalue weighted by atomic mass is 9.90. The molecule has 3 heteroatoms. The summed E-state index contributed by atoms with van der Waals surface area (Å²) in [5.74, 6) is 0.217. The molecule has 0 spiro atoms. The molecule has 1 amide bonds. The minimum Gasteiger partial charge on any atom is -0.350 e. The van der Waals surface area contributed by atoms with Gasteiger partial charge in [-0.25, -0.2) is 0 Å². The van der Waals surface area contributed by atoms with Crippen molar-refractivity contribution in [2.45, 2.75) is 51.5 Å². The molecule has 1 fully saturated rings. The van der Waals surface area contributed by atoms with Crippen molar-refractivity contribution in [1.82, 2.24) is 5.32 Å². The van der Waals surface area contributed by atoms with Gasteiger partial charge in [0, 0.05) is 28.1 Å². The first-order chi connectivity index (χ1) is 7.67. The number of nitrogens with one attached hydrogen (secondary N) is 1. The Labute approximate surface area is 101 Å². The zero-order chi connectivity index (χ0) is 11.6. The predicted octanol–water partition coefficient (Wildman–Crippen LogP) is 2.91. The zero-order valence-corrected chi connectivity index (χ0v) is 10.8. The molecule has 0 bridgehead atoms. The van der Waals surface area contributed by atoms with Gasteiger partial charge in [-0.05, 0) is 31.4 Å². The molecular formula is C13H19NOS. The van der Waals surface area contributed by atoms with Gasteiger partial charge in [-0.15, -0.1) is 11.3 Å². The van der Waals surface area contributed by atoms with Crippen LogP contribution in [0.15, 0.2) is 12.1 Å². The number of thiophene rings is 1. The van der Waals surface area contributed by atoms with Crippen molar-refractivity contribution in [3.63, 3.8) is 0 Å². The SMILES string of the molecule is CCc1ccc(CC2(CC)CCC(=O)N2)s1. The molecule has 0 saturated carbocycles. The van der Waals surface area contributed by atoms with Gasteiger partial charge in [0.15, 0.2) is 0 Å². The Balaban J connectivity index is 2.09. The standard InChI is InChI=1S/C13H19NOS/c1-3-10-5-6-11(16-10)9-13(4-2)8-7-12(15)14-13/h5-6H,3-4,7-9H2,1-2H3,(H,14,15). The van der Waals surface area contributed by atoms with Crippen LogP contribution in [0, 0.1) is 0 Å². The largest absolute Gasteiger partial charge is 0.350 e. The predicted molar refractivity (Wildman–Crippen MR) is 67.8 cm³/mol. The van der Waals surface area contributed by atoms with Crippen LogP contribution < -0.4 is 5.32 Å². The fourth-order valence-corrected chi connectivity index (χ4v) is 3.44. The lowest BCUT2D eigenvalue weighted by Crippen LogP contribution is -2.42. The quantitative estimate of drug-likeness (QED) is 0.857. The van der Waals surface area contributed by atoms with E-state index in [1.165, 1.54) is 9.75 Å². The maximum absolute atomic E-state index is 11.4. The van der Waals surface area contributed by atoms with Gasteiger partial charge in [0.05, 0.1) is 0 Å². The van der Waals surface area contributed by atoms with E-state index < -0.39 is 0 Å². The number of aryl methyl sites for hydroxylation is 1. The third-order valence-electron chi connectivity index (χ3n) is 3.49. The van der Waals surface area contributed by atoms with Crippen molar-refractivity contribution < 1.29 is 4.79 Å². The summed E-state index contributed by atoms with van der Waals surface area (Å²) in [6.07, 6.45) is 4.82. The number of carbonyl (C=O) groups is 1. The average molecular weight is 237 g/mol. The van der Waals surface area contributed by atoms with E-state index >= 15 is 0 Å². The Hall–Kier alpha value is -0.830. The van der Waals surface area contributed by atoms with Gasteiger partial charge in [-0.2, -0.15) is 0 Å². The van der Waals surface area contributed by atoms with Crippen molar-refractivity contribution in [2.24, 2.45) is 0 Å². The monoisotopic (exact) mass is 237 g/mol. The lowest BCUT2D eigenvalue weighted by molar-refractivity contribution is -0.119. The molecule has 2 heterocycles. The van der Waals surface area contributed by atoms with E-state index in [2.05, 4.69) is 31.3 Å². The Bertz CT molecular complexity index is 385. The molecule has 16 heavy (non-hydrogen) atoms. The Morgan fingerprint density at radius 2 is 2.12 bits per heavy atom. The normalized spacial score (nSPS) is 24.8. The van der Waals surface area contributed by atoms with E-state index in [1.807, 2.05) is 11.3 Å². The first kappa shape index (κ1) is 11.6. The molecule has 1 saturated heterocycles. The maximum atomic E-state index is 11.4. The maximum Gasteiger partial charge on any atom is 0.220 e. The first-order valence-electron chi connectivity index (χ1n) is 6.06. The van der Waals surface area contributed by atoms with E-state index in [0.29, 0.717) is 6.42 Å². The summed E-state index contributed by atoms with van der Waals surface area (Å²) >= 11 is 1.88.